The zero-order valence-electron chi connectivity index (χ0n) is 14.4. The molecule has 0 saturated carbocycles. The van der Waals surface area contributed by atoms with E-state index in [-0.39, 0.29) is 6.03 Å². The molecule has 1 aliphatic rings. The van der Waals surface area contributed by atoms with Gasteiger partial charge >= 0.3 is 6.03 Å². The van der Waals surface area contributed by atoms with Gasteiger partial charge in [-0.25, -0.2) is 9.78 Å². The van der Waals surface area contributed by atoms with Crippen LogP contribution in [0, 0.1) is 0 Å². The molecule has 23 heavy (non-hydrogen) atoms. The summed E-state index contributed by atoms with van der Waals surface area (Å²) in [6.07, 6.45) is 1.94. The van der Waals surface area contributed by atoms with Crippen molar-refractivity contribution in [2.24, 2.45) is 7.05 Å². The van der Waals surface area contributed by atoms with E-state index in [9.17, 15) is 4.79 Å². The number of rotatable bonds is 2. The van der Waals surface area contributed by atoms with Crippen LogP contribution >= 0.6 is 0 Å². The van der Waals surface area contributed by atoms with E-state index >= 15 is 0 Å². The molecule has 0 N–H and O–H groups in total. The second-order valence-electron chi connectivity index (χ2n) is 6.47. The van der Waals surface area contributed by atoms with Crippen molar-refractivity contribution in [3.05, 3.63) is 24.3 Å². The molecular weight excluding hydrogens is 290 g/mol. The number of hydrogen-bond donors (Lipinski definition) is 0. The van der Waals surface area contributed by atoms with Crippen LogP contribution in [0.4, 0.5) is 10.7 Å². The molecule has 0 radical (unpaired) electrons. The molecule has 0 aliphatic carbocycles. The molecule has 2 amide bonds. The first-order valence-electron chi connectivity index (χ1n) is 8.09. The highest BCUT2D eigenvalue weighted by Gasteiger charge is 2.27. The molecule has 1 aromatic carbocycles. The molecule has 124 valence electrons. The fourth-order valence-electron chi connectivity index (χ4n) is 3.34. The van der Waals surface area contributed by atoms with Gasteiger partial charge in [-0.3, -0.25) is 0 Å². The van der Waals surface area contributed by atoms with Crippen LogP contribution in [0.15, 0.2) is 24.3 Å². The van der Waals surface area contributed by atoms with Crippen LogP contribution in [0.2, 0.25) is 0 Å². The second kappa shape index (κ2) is 6.10. The van der Waals surface area contributed by atoms with Crippen LogP contribution < -0.4 is 4.90 Å². The van der Waals surface area contributed by atoms with Gasteiger partial charge in [0, 0.05) is 47.3 Å². The fourth-order valence-corrected chi connectivity index (χ4v) is 3.34. The molecule has 6 heteroatoms. The molecule has 0 bridgehead atoms. The molecule has 1 aromatic heterocycles. The molecule has 0 atom stereocenters. The summed E-state index contributed by atoms with van der Waals surface area (Å²) in [5, 5.41) is 0. The topological polar surface area (TPSA) is 44.6 Å². The van der Waals surface area contributed by atoms with Gasteiger partial charge < -0.3 is 19.3 Å². The number of benzene rings is 1. The van der Waals surface area contributed by atoms with E-state index in [0.717, 1.165) is 42.9 Å². The lowest BCUT2D eigenvalue weighted by Crippen LogP contribution is -2.48. The minimum atomic E-state index is 0.0752. The van der Waals surface area contributed by atoms with Gasteiger partial charge in [0.15, 0.2) is 0 Å². The van der Waals surface area contributed by atoms with Gasteiger partial charge in [-0.05, 0) is 25.0 Å². The van der Waals surface area contributed by atoms with Crippen molar-refractivity contribution in [1.82, 2.24) is 19.4 Å². The molecule has 1 aliphatic heterocycles. The number of anilines is 1. The molecular formula is C17H25N5O. The maximum Gasteiger partial charge on any atom is 0.319 e. The predicted octanol–water partition coefficient (Wildman–Crippen LogP) is 2.16. The van der Waals surface area contributed by atoms with Crippen molar-refractivity contribution in [3.63, 3.8) is 0 Å². The monoisotopic (exact) mass is 315 g/mol. The number of hydrogen-bond acceptors (Lipinski definition) is 3. The SMILES string of the molecule is CN(C)C(=O)N(C)C1CCN(c2nc3ccccc3n2C)CC1. The highest BCUT2D eigenvalue weighted by Crippen LogP contribution is 2.25. The number of piperidine rings is 1. The van der Waals surface area contributed by atoms with E-state index in [4.69, 9.17) is 4.98 Å². The van der Waals surface area contributed by atoms with E-state index in [0.29, 0.717) is 6.04 Å². The summed E-state index contributed by atoms with van der Waals surface area (Å²) >= 11 is 0. The third-order valence-electron chi connectivity index (χ3n) is 4.74. The minimum Gasteiger partial charge on any atom is -0.342 e. The van der Waals surface area contributed by atoms with Crippen molar-refractivity contribution < 1.29 is 4.79 Å². The molecule has 2 aromatic rings. The lowest BCUT2D eigenvalue weighted by atomic mass is 10.0. The van der Waals surface area contributed by atoms with E-state index in [1.54, 1.807) is 19.0 Å². The third-order valence-corrected chi connectivity index (χ3v) is 4.74. The number of carbonyl (C=O) groups is 1. The van der Waals surface area contributed by atoms with Crippen LogP contribution in [0.1, 0.15) is 12.8 Å². The third kappa shape index (κ3) is 2.85. The maximum atomic E-state index is 12.1. The number of fused-ring (bicyclic) bond motifs is 1. The maximum absolute atomic E-state index is 12.1. The van der Waals surface area contributed by atoms with Crippen molar-refractivity contribution in [1.29, 1.82) is 0 Å². The molecule has 6 nitrogen and oxygen atoms in total. The Morgan fingerprint density at radius 3 is 2.43 bits per heavy atom. The van der Waals surface area contributed by atoms with Gasteiger partial charge in [0.05, 0.1) is 11.0 Å². The number of para-hydroxylation sites is 2. The molecule has 2 heterocycles. The van der Waals surface area contributed by atoms with Crippen LogP contribution in [0.5, 0.6) is 0 Å². The predicted molar refractivity (Wildman–Crippen MR) is 92.8 cm³/mol. The van der Waals surface area contributed by atoms with Crippen molar-refractivity contribution in [2.75, 3.05) is 39.1 Å². The summed E-state index contributed by atoms with van der Waals surface area (Å²) in [5.41, 5.74) is 2.19. The van der Waals surface area contributed by atoms with E-state index < -0.39 is 0 Å². The van der Waals surface area contributed by atoms with Gasteiger partial charge in [-0.15, -0.1) is 0 Å². The summed E-state index contributed by atoms with van der Waals surface area (Å²) in [4.78, 5) is 22.7. The first-order valence-corrected chi connectivity index (χ1v) is 8.09. The molecule has 0 unspecified atom stereocenters. The smallest absolute Gasteiger partial charge is 0.319 e. The number of aromatic nitrogens is 2. The van der Waals surface area contributed by atoms with E-state index in [1.165, 1.54) is 0 Å². The first-order chi connectivity index (χ1) is 11.0. The average molecular weight is 315 g/mol. The Labute approximate surface area is 137 Å². The summed E-state index contributed by atoms with van der Waals surface area (Å²) in [6, 6.07) is 8.59. The quantitative estimate of drug-likeness (QED) is 0.853. The van der Waals surface area contributed by atoms with Gasteiger partial charge in [0.1, 0.15) is 0 Å². The van der Waals surface area contributed by atoms with Gasteiger partial charge in [-0.1, -0.05) is 12.1 Å². The Morgan fingerprint density at radius 1 is 1.17 bits per heavy atom. The van der Waals surface area contributed by atoms with Crippen molar-refractivity contribution >= 4 is 23.0 Å². The Morgan fingerprint density at radius 2 is 1.83 bits per heavy atom. The van der Waals surface area contributed by atoms with Gasteiger partial charge in [0.25, 0.3) is 0 Å². The van der Waals surface area contributed by atoms with Crippen molar-refractivity contribution in [2.45, 2.75) is 18.9 Å². The average Bonchev–Trinajstić information content (AvgIpc) is 2.91. The second-order valence-corrected chi connectivity index (χ2v) is 6.47. The normalized spacial score (nSPS) is 15.9. The zero-order valence-corrected chi connectivity index (χ0v) is 14.4. The van der Waals surface area contributed by atoms with Crippen LogP contribution in [-0.2, 0) is 7.05 Å². The Balaban J connectivity index is 1.71. The standard InChI is InChI=1S/C17H25N5O/c1-19(2)17(23)20(3)13-9-11-22(12-10-13)16-18-14-7-5-6-8-15(14)21(16)4/h5-8,13H,9-12H2,1-4H3. The summed E-state index contributed by atoms with van der Waals surface area (Å²) in [7, 11) is 7.57. The molecule has 0 spiro atoms. The molecule has 1 fully saturated rings. The summed E-state index contributed by atoms with van der Waals surface area (Å²) in [6.45, 7) is 1.85. The Kier molecular flexibility index (Phi) is 4.15. The first kappa shape index (κ1) is 15.6. The summed E-state index contributed by atoms with van der Waals surface area (Å²) < 4.78 is 2.16. The van der Waals surface area contributed by atoms with Crippen LogP contribution in [0.3, 0.4) is 0 Å². The Hall–Kier alpha value is -2.24. The number of urea groups is 1. The zero-order chi connectivity index (χ0) is 16.6. The molecule has 3 rings (SSSR count). The van der Waals surface area contributed by atoms with Gasteiger partial charge in [-0.2, -0.15) is 0 Å². The minimum absolute atomic E-state index is 0.0752. The number of nitrogens with zero attached hydrogens (tertiary/aromatic N) is 5. The lowest BCUT2D eigenvalue weighted by molar-refractivity contribution is 0.155. The van der Waals surface area contributed by atoms with Crippen LogP contribution in [-0.4, -0.2) is 65.7 Å². The summed E-state index contributed by atoms with van der Waals surface area (Å²) in [5.74, 6) is 1.02. The number of aryl methyl sites for hydroxylation is 1. The number of carbonyl (C=O) groups excluding carboxylic acids is 1. The Bertz CT molecular complexity index is 700. The fraction of sp³-hybridized carbons (Fsp3) is 0.529. The lowest BCUT2D eigenvalue weighted by Gasteiger charge is -2.37. The van der Waals surface area contributed by atoms with Crippen molar-refractivity contribution in [3.8, 4) is 0 Å². The highest BCUT2D eigenvalue weighted by molar-refractivity contribution is 5.78. The van der Waals surface area contributed by atoms with E-state index in [2.05, 4.69) is 28.6 Å². The highest BCUT2D eigenvalue weighted by atomic mass is 16.2. The largest absolute Gasteiger partial charge is 0.342 e. The molecule has 1 saturated heterocycles. The number of amides is 2. The number of imidazole rings is 1. The van der Waals surface area contributed by atoms with Gasteiger partial charge in [0.2, 0.25) is 5.95 Å². The van der Waals surface area contributed by atoms with Crippen LogP contribution in [0.25, 0.3) is 11.0 Å². The van der Waals surface area contributed by atoms with E-state index in [1.807, 2.05) is 24.1 Å².